The summed E-state index contributed by atoms with van der Waals surface area (Å²) in [7, 11) is 0. The van der Waals surface area contributed by atoms with Gasteiger partial charge in [0.25, 0.3) is 0 Å². The summed E-state index contributed by atoms with van der Waals surface area (Å²) in [6.07, 6.45) is -1.10. The number of esters is 1. The summed E-state index contributed by atoms with van der Waals surface area (Å²) in [5, 5.41) is 11.6. The van der Waals surface area contributed by atoms with Crippen LogP contribution < -0.4 is 0 Å². The monoisotopic (exact) mass is 555 g/mol. The van der Waals surface area contributed by atoms with Gasteiger partial charge in [0.15, 0.2) is 0 Å². The van der Waals surface area contributed by atoms with E-state index in [0.29, 0.717) is 33.0 Å². The number of ether oxygens (including phenoxy) is 2. The molecule has 0 saturated carbocycles. The summed E-state index contributed by atoms with van der Waals surface area (Å²) in [4.78, 5) is 16.1. The van der Waals surface area contributed by atoms with E-state index in [-0.39, 0.29) is 35.9 Å². The lowest BCUT2D eigenvalue weighted by atomic mass is 10.00. The Morgan fingerprint density at radius 3 is 2.61 bits per heavy atom. The van der Waals surface area contributed by atoms with Crippen molar-refractivity contribution >= 4 is 45.1 Å². The second-order valence-corrected chi connectivity index (χ2v) is 8.82. The predicted molar refractivity (Wildman–Crippen MR) is 128 cm³/mol. The predicted octanol–water partition coefficient (Wildman–Crippen LogP) is 6.19. The second kappa shape index (κ2) is 11.9. The highest BCUT2D eigenvalue weighted by Crippen LogP contribution is 2.28. The Labute approximate surface area is 209 Å². The molecular formula is C24H21BrCl2FNO4. The molecule has 1 atom stereocenters. The van der Waals surface area contributed by atoms with Gasteiger partial charge in [0, 0.05) is 5.02 Å². The Kier molecular flexibility index (Phi) is 9.23. The minimum absolute atomic E-state index is 0.0711. The number of carbonyl (C=O) groups excluding carboxylic acids is 1. The zero-order valence-corrected chi connectivity index (χ0v) is 20.8. The van der Waals surface area contributed by atoms with Crippen molar-refractivity contribution < 1.29 is 23.8 Å². The normalized spacial score (nSPS) is 11.9. The first-order valence-corrected chi connectivity index (χ1v) is 11.6. The molecule has 1 N–H and O–H groups in total. The Morgan fingerprint density at radius 1 is 1.12 bits per heavy atom. The molecule has 9 heteroatoms. The third-order valence-electron chi connectivity index (χ3n) is 4.81. The van der Waals surface area contributed by atoms with Gasteiger partial charge in [0.2, 0.25) is 0 Å². The lowest BCUT2D eigenvalue weighted by Crippen LogP contribution is -2.11. The standard InChI is InChI=1S/C24H21BrCl2FNO4/c1-2-33-23(30)11-14-10-20(28)19(25)9-15(14)12-32-13-16-8-17(26)6-7-18(16)24(31)21-4-3-5-22(27)29-21/h3-10,24,31H,2,11-13H2,1H3. The maximum atomic E-state index is 14.1. The molecule has 2 aromatic carbocycles. The van der Waals surface area contributed by atoms with Crippen LogP contribution in [-0.2, 0) is 33.9 Å². The summed E-state index contributed by atoms with van der Waals surface area (Å²) in [5.41, 5.74) is 2.73. The van der Waals surface area contributed by atoms with Crippen molar-refractivity contribution in [1.82, 2.24) is 4.98 Å². The highest BCUT2D eigenvalue weighted by molar-refractivity contribution is 9.10. The van der Waals surface area contributed by atoms with Gasteiger partial charge in [-0.3, -0.25) is 4.79 Å². The molecule has 0 aliphatic heterocycles. The van der Waals surface area contributed by atoms with Crippen molar-refractivity contribution in [1.29, 1.82) is 0 Å². The molecule has 0 amide bonds. The fraction of sp³-hybridized carbons (Fsp3) is 0.250. The van der Waals surface area contributed by atoms with E-state index in [0.717, 1.165) is 0 Å². The fourth-order valence-electron chi connectivity index (χ4n) is 3.27. The Bertz CT molecular complexity index is 1150. The number of aliphatic hydroxyl groups excluding tert-OH is 1. The van der Waals surface area contributed by atoms with Crippen LogP contribution in [0.1, 0.15) is 41.0 Å². The molecule has 0 aliphatic rings. The first-order valence-electron chi connectivity index (χ1n) is 10.1. The van der Waals surface area contributed by atoms with E-state index in [9.17, 15) is 14.3 Å². The number of aromatic nitrogens is 1. The van der Waals surface area contributed by atoms with Crippen LogP contribution in [0.5, 0.6) is 0 Å². The molecular weight excluding hydrogens is 536 g/mol. The molecule has 3 rings (SSSR count). The number of aliphatic hydroxyl groups is 1. The molecule has 0 fully saturated rings. The summed E-state index contributed by atoms with van der Waals surface area (Å²) in [6.45, 7) is 2.16. The van der Waals surface area contributed by atoms with Crippen LogP contribution in [-0.4, -0.2) is 22.7 Å². The first kappa shape index (κ1) is 25.6. The van der Waals surface area contributed by atoms with E-state index in [1.54, 1.807) is 49.4 Å². The topological polar surface area (TPSA) is 68.7 Å². The Balaban J connectivity index is 1.79. The van der Waals surface area contributed by atoms with Gasteiger partial charge in [-0.15, -0.1) is 0 Å². The number of nitrogens with zero attached hydrogens (tertiary/aromatic N) is 1. The molecule has 0 spiro atoms. The van der Waals surface area contributed by atoms with Gasteiger partial charge in [0.05, 0.1) is 36.4 Å². The number of halogens is 4. The van der Waals surface area contributed by atoms with Gasteiger partial charge < -0.3 is 14.6 Å². The van der Waals surface area contributed by atoms with Gasteiger partial charge in [-0.25, -0.2) is 9.37 Å². The van der Waals surface area contributed by atoms with Crippen LogP contribution in [0.4, 0.5) is 4.39 Å². The zero-order chi connectivity index (χ0) is 24.0. The summed E-state index contributed by atoms with van der Waals surface area (Å²) >= 11 is 15.3. The van der Waals surface area contributed by atoms with Gasteiger partial charge >= 0.3 is 5.97 Å². The molecule has 5 nitrogen and oxygen atoms in total. The molecule has 1 unspecified atom stereocenters. The molecule has 0 saturated heterocycles. The van der Waals surface area contributed by atoms with E-state index in [1.807, 2.05) is 0 Å². The van der Waals surface area contributed by atoms with E-state index < -0.39 is 17.9 Å². The number of hydrogen-bond donors (Lipinski definition) is 1. The number of rotatable bonds is 9. The molecule has 1 heterocycles. The summed E-state index contributed by atoms with van der Waals surface area (Å²) in [5.74, 6) is -0.929. The van der Waals surface area contributed by atoms with Gasteiger partial charge in [-0.1, -0.05) is 35.3 Å². The maximum absolute atomic E-state index is 14.1. The van der Waals surface area contributed by atoms with Crippen molar-refractivity contribution in [2.24, 2.45) is 0 Å². The quantitative estimate of drug-likeness (QED) is 0.251. The molecule has 33 heavy (non-hydrogen) atoms. The van der Waals surface area contributed by atoms with E-state index in [2.05, 4.69) is 20.9 Å². The molecule has 0 bridgehead atoms. The van der Waals surface area contributed by atoms with Crippen LogP contribution in [0.25, 0.3) is 0 Å². The van der Waals surface area contributed by atoms with Gasteiger partial charge in [-0.05, 0) is 81.5 Å². The SMILES string of the molecule is CCOC(=O)Cc1cc(F)c(Br)cc1COCc1cc(Cl)ccc1C(O)c1cccc(Cl)n1. The second-order valence-electron chi connectivity index (χ2n) is 7.14. The van der Waals surface area contributed by atoms with Crippen molar-refractivity contribution in [2.45, 2.75) is 32.7 Å². The van der Waals surface area contributed by atoms with Crippen LogP contribution in [0.15, 0.2) is 53.0 Å². The smallest absolute Gasteiger partial charge is 0.310 e. The van der Waals surface area contributed by atoms with Crippen LogP contribution >= 0.6 is 39.1 Å². The maximum Gasteiger partial charge on any atom is 0.310 e. The molecule has 174 valence electrons. The Hall–Kier alpha value is -2.03. The molecule has 0 radical (unpaired) electrons. The minimum atomic E-state index is -1.03. The zero-order valence-electron chi connectivity index (χ0n) is 17.7. The lowest BCUT2D eigenvalue weighted by molar-refractivity contribution is -0.142. The van der Waals surface area contributed by atoms with Crippen LogP contribution in [0.2, 0.25) is 10.2 Å². The average Bonchev–Trinajstić information content (AvgIpc) is 2.77. The Morgan fingerprint density at radius 2 is 1.88 bits per heavy atom. The highest BCUT2D eigenvalue weighted by atomic mass is 79.9. The van der Waals surface area contributed by atoms with Gasteiger partial charge in [-0.2, -0.15) is 0 Å². The van der Waals surface area contributed by atoms with Crippen LogP contribution in [0, 0.1) is 5.82 Å². The number of benzene rings is 2. The van der Waals surface area contributed by atoms with Crippen molar-refractivity contribution in [3.05, 3.63) is 96.9 Å². The summed E-state index contributed by atoms with van der Waals surface area (Å²) < 4.78 is 25.2. The average molecular weight is 557 g/mol. The lowest BCUT2D eigenvalue weighted by Gasteiger charge is -2.17. The van der Waals surface area contributed by atoms with Crippen molar-refractivity contribution in [3.63, 3.8) is 0 Å². The largest absolute Gasteiger partial charge is 0.466 e. The van der Waals surface area contributed by atoms with E-state index >= 15 is 0 Å². The number of hydrogen-bond acceptors (Lipinski definition) is 5. The first-order chi connectivity index (χ1) is 15.8. The van der Waals surface area contributed by atoms with E-state index in [1.165, 1.54) is 6.07 Å². The molecule has 3 aromatic rings. The van der Waals surface area contributed by atoms with Gasteiger partial charge in [0.1, 0.15) is 17.1 Å². The number of pyridine rings is 1. The summed E-state index contributed by atoms with van der Waals surface area (Å²) in [6, 6.07) is 12.9. The number of carbonyl (C=O) groups is 1. The molecule has 1 aromatic heterocycles. The third-order valence-corrected chi connectivity index (χ3v) is 5.87. The highest BCUT2D eigenvalue weighted by Gasteiger charge is 2.18. The molecule has 0 aliphatic carbocycles. The minimum Gasteiger partial charge on any atom is -0.466 e. The van der Waals surface area contributed by atoms with Crippen molar-refractivity contribution in [3.8, 4) is 0 Å². The van der Waals surface area contributed by atoms with E-state index in [4.69, 9.17) is 32.7 Å². The van der Waals surface area contributed by atoms with Crippen LogP contribution in [0.3, 0.4) is 0 Å². The third kappa shape index (κ3) is 6.98. The fourth-order valence-corrected chi connectivity index (χ4v) is 4.02. The van der Waals surface area contributed by atoms with Crippen molar-refractivity contribution in [2.75, 3.05) is 6.61 Å².